The zero-order valence-electron chi connectivity index (χ0n) is 16.8. The van der Waals surface area contributed by atoms with E-state index in [2.05, 4.69) is 15.5 Å². The van der Waals surface area contributed by atoms with Crippen LogP contribution in [-0.4, -0.2) is 43.6 Å². The molecule has 28 heavy (non-hydrogen) atoms. The molecule has 0 spiro atoms. The van der Waals surface area contributed by atoms with Crippen molar-refractivity contribution in [3.63, 3.8) is 0 Å². The Morgan fingerprint density at radius 2 is 1.93 bits per heavy atom. The Kier molecular flexibility index (Phi) is 7.51. The highest BCUT2D eigenvalue weighted by Crippen LogP contribution is 2.24. The first-order valence-corrected chi connectivity index (χ1v) is 10.1. The van der Waals surface area contributed by atoms with Crippen LogP contribution in [0.25, 0.3) is 0 Å². The predicted molar refractivity (Wildman–Crippen MR) is 111 cm³/mol. The number of methoxy groups -OCH3 is 1. The Bertz CT molecular complexity index is 709. The summed E-state index contributed by atoms with van der Waals surface area (Å²) in [5.41, 5.74) is 0.778. The number of piperidine rings is 1. The molecule has 0 aliphatic carbocycles. The molecule has 0 bridgehead atoms. The van der Waals surface area contributed by atoms with E-state index in [0.29, 0.717) is 6.42 Å². The minimum absolute atomic E-state index is 0.00214. The maximum absolute atomic E-state index is 12.3. The van der Waals surface area contributed by atoms with Gasteiger partial charge in [0.1, 0.15) is 11.5 Å². The van der Waals surface area contributed by atoms with E-state index in [1.165, 1.54) is 19.3 Å². The van der Waals surface area contributed by atoms with E-state index in [4.69, 9.17) is 9.15 Å². The molecule has 152 valence electrons. The van der Waals surface area contributed by atoms with E-state index >= 15 is 0 Å². The van der Waals surface area contributed by atoms with Gasteiger partial charge in [-0.3, -0.25) is 9.69 Å². The number of hydrogen-bond donors (Lipinski definition) is 2. The lowest BCUT2D eigenvalue weighted by Gasteiger charge is -2.34. The van der Waals surface area contributed by atoms with Gasteiger partial charge >= 0.3 is 0 Å². The second-order valence-corrected chi connectivity index (χ2v) is 7.42. The number of amides is 1. The molecule has 1 fully saturated rings. The van der Waals surface area contributed by atoms with Gasteiger partial charge in [0.05, 0.1) is 19.4 Å². The molecule has 2 N–H and O–H groups in total. The van der Waals surface area contributed by atoms with Crippen molar-refractivity contribution in [3.05, 3.63) is 48.4 Å². The smallest absolute Gasteiger partial charge is 0.225 e. The molecule has 6 nitrogen and oxygen atoms in total. The number of carbonyl (C=O) groups excluding carboxylic acids is 1. The Morgan fingerprint density at radius 1 is 1.18 bits per heavy atom. The first-order chi connectivity index (χ1) is 13.7. The average molecular weight is 386 g/mol. The summed E-state index contributed by atoms with van der Waals surface area (Å²) in [7, 11) is 1.63. The quantitative estimate of drug-likeness (QED) is 0.687. The van der Waals surface area contributed by atoms with Crippen molar-refractivity contribution in [1.29, 1.82) is 0 Å². The Hall–Kier alpha value is -2.31. The van der Waals surface area contributed by atoms with Crippen molar-refractivity contribution in [2.45, 2.75) is 44.7 Å². The lowest BCUT2D eigenvalue weighted by atomic mass is 10.1. The molecular formula is C22H31N3O3. The van der Waals surface area contributed by atoms with Crippen LogP contribution in [0.4, 0.5) is 5.69 Å². The predicted octanol–water partition coefficient (Wildman–Crippen LogP) is 3.82. The molecule has 2 unspecified atom stereocenters. The monoisotopic (exact) mass is 385 g/mol. The lowest BCUT2D eigenvalue weighted by molar-refractivity contribution is -0.116. The summed E-state index contributed by atoms with van der Waals surface area (Å²) in [5, 5.41) is 6.46. The van der Waals surface area contributed by atoms with Crippen molar-refractivity contribution in [3.8, 4) is 5.75 Å². The van der Waals surface area contributed by atoms with Crippen LogP contribution in [0.1, 0.15) is 44.4 Å². The molecule has 1 aromatic carbocycles. The first-order valence-electron chi connectivity index (χ1n) is 10.1. The van der Waals surface area contributed by atoms with Gasteiger partial charge in [0, 0.05) is 24.7 Å². The molecule has 2 aromatic rings. The third-order valence-electron chi connectivity index (χ3n) is 5.23. The minimum Gasteiger partial charge on any atom is -0.497 e. The van der Waals surface area contributed by atoms with Crippen LogP contribution in [0.2, 0.25) is 0 Å². The summed E-state index contributed by atoms with van der Waals surface area (Å²) in [4.78, 5) is 14.8. The van der Waals surface area contributed by atoms with Crippen LogP contribution in [0.5, 0.6) is 5.75 Å². The third kappa shape index (κ3) is 5.84. The summed E-state index contributed by atoms with van der Waals surface area (Å²) in [6.45, 7) is 5.01. The summed E-state index contributed by atoms with van der Waals surface area (Å²) in [6, 6.07) is 11.6. The molecule has 1 saturated heterocycles. The molecule has 0 radical (unpaired) electrons. The van der Waals surface area contributed by atoms with Crippen LogP contribution >= 0.6 is 0 Å². The van der Waals surface area contributed by atoms with Gasteiger partial charge in [0.25, 0.3) is 0 Å². The van der Waals surface area contributed by atoms with Gasteiger partial charge in [-0.2, -0.15) is 0 Å². The molecular weight excluding hydrogens is 354 g/mol. The van der Waals surface area contributed by atoms with Crippen LogP contribution < -0.4 is 15.4 Å². The second-order valence-electron chi connectivity index (χ2n) is 7.42. The fraction of sp³-hybridized carbons (Fsp3) is 0.500. The highest BCUT2D eigenvalue weighted by molar-refractivity contribution is 5.91. The van der Waals surface area contributed by atoms with Crippen molar-refractivity contribution < 1.29 is 13.9 Å². The number of furan rings is 1. The maximum Gasteiger partial charge on any atom is 0.225 e. The number of anilines is 1. The first kappa shape index (κ1) is 20.4. The van der Waals surface area contributed by atoms with Crippen molar-refractivity contribution >= 4 is 11.6 Å². The maximum atomic E-state index is 12.3. The molecule has 6 heteroatoms. The van der Waals surface area contributed by atoms with Gasteiger partial charge in [-0.25, -0.2) is 0 Å². The molecule has 1 aromatic heterocycles. The zero-order valence-corrected chi connectivity index (χ0v) is 16.8. The molecule has 2 heterocycles. The molecule has 1 aliphatic rings. The largest absolute Gasteiger partial charge is 0.497 e. The third-order valence-corrected chi connectivity index (χ3v) is 5.23. The van der Waals surface area contributed by atoms with E-state index in [0.717, 1.165) is 36.8 Å². The van der Waals surface area contributed by atoms with E-state index in [1.807, 2.05) is 43.3 Å². The number of nitrogens with one attached hydrogen (secondary N) is 2. The van der Waals surface area contributed by atoms with E-state index < -0.39 is 0 Å². The second kappa shape index (κ2) is 10.3. The zero-order chi connectivity index (χ0) is 19.8. The Labute approximate surface area is 167 Å². The number of hydrogen-bond acceptors (Lipinski definition) is 5. The SMILES string of the molecule is COc1ccc(NC(=O)CC(C)NCC(c2ccco2)N2CCCCC2)cc1. The number of nitrogens with zero attached hydrogens (tertiary/aromatic N) is 1. The Balaban J connectivity index is 1.49. The minimum atomic E-state index is -0.00214. The van der Waals surface area contributed by atoms with Crippen molar-refractivity contribution in [1.82, 2.24) is 10.2 Å². The van der Waals surface area contributed by atoms with E-state index in [9.17, 15) is 4.79 Å². The van der Waals surface area contributed by atoms with Gasteiger partial charge < -0.3 is 19.8 Å². The van der Waals surface area contributed by atoms with E-state index in [1.54, 1.807) is 13.4 Å². The summed E-state index contributed by atoms with van der Waals surface area (Å²) in [6.07, 6.45) is 5.92. The van der Waals surface area contributed by atoms with Crippen LogP contribution in [0, 0.1) is 0 Å². The molecule has 0 saturated carbocycles. The van der Waals surface area contributed by atoms with Gasteiger partial charge in [0.2, 0.25) is 5.91 Å². The summed E-state index contributed by atoms with van der Waals surface area (Å²) in [5.74, 6) is 1.76. The van der Waals surface area contributed by atoms with Gasteiger partial charge in [-0.1, -0.05) is 6.42 Å². The highest BCUT2D eigenvalue weighted by atomic mass is 16.5. The highest BCUT2D eigenvalue weighted by Gasteiger charge is 2.25. The molecule has 3 rings (SSSR count). The van der Waals surface area contributed by atoms with E-state index in [-0.39, 0.29) is 18.0 Å². The Morgan fingerprint density at radius 3 is 2.57 bits per heavy atom. The fourth-order valence-electron chi connectivity index (χ4n) is 3.67. The van der Waals surface area contributed by atoms with Crippen molar-refractivity contribution in [2.24, 2.45) is 0 Å². The standard InChI is InChI=1S/C22H31N3O3/c1-17(15-22(26)24-18-8-10-19(27-2)11-9-18)23-16-20(21-7-6-14-28-21)25-12-4-3-5-13-25/h6-11,14,17,20,23H,3-5,12-13,15-16H2,1-2H3,(H,24,26). The number of rotatable bonds is 9. The summed E-state index contributed by atoms with van der Waals surface area (Å²) >= 11 is 0. The fourth-order valence-corrected chi connectivity index (χ4v) is 3.67. The number of likely N-dealkylation sites (tertiary alicyclic amines) is 1. The molecule has 2 atom stereocenters. The topological polar surface area (TPSA) is 66.7 Å². The number of benzene rings is 1. The van der Waals surface area contributed by atoms with Crippen LogP contribution in [-0.2, 0) is 4.79 Å². The van der Waals surface area contributed by atoms with Crippen LogP contribution in [0.3, 0.4) is 0 Å². The lowest BCUT2D eigenvalue weighted by Crippen LogP contribution is -2.41. The number of ether oxygens (including phenoxy) is 1. The van der Waals surface area contributed by atoms with Gasteiger partial charge in [-0.05, 0) is 69.3 Å². The number of carbonyl (C=O) groups is 1. The summed E-state index contributed by atoms with van der Waals surface area (Å²) < 4.78 is 10.8. The normalized spacial score (nSPS) is 17.1. The van der Waals surface area contributed by atoms with Gasteiger partial charge in [-0.15, -0.1) is 0 Å². The van der Waals surface area contributed by atoms with Gasteiger partial charge in [0.15, 0.2) is 0 Å². The molecule has 1 aliphatic heterocycles. The van der Waals surface area contributed by atoms with Crippen LogP contribution in [0.15, 0.2) is 47.1 Å². The average Bonchev–Trinajstić information content (AvgIpc) is 3.24. The van der Waals surface area contributed by atoms with Crippen molar-refractivity contribution in [2.75, 3.05) is 32.1 Å². The molecule has 1 amide bonds.